The van der Waals surface area contributed by atoms with Gasteiger partial charge in [0.05, 0.1) is 13.7 Å². The lowest BCUT2D eigenvalue weighted by Crippen LogP contribution is -2.36. The van der Waals surface area contributed by atoms with Gasteiger partial charge < -0.3 is 9.84 Å². The summed E-state index contributed by atoms with van der Waals surface area (Å²) in [4.78, 5) is 22.1. The van der Waals surface area contributed by atoms with Gasteiger partial charge in [0.15, 0.2) is 6.20 Å². The van der Waals surface area contributed by atoms with Crippen LogP contribution in [-0.2, 0) is 13.5 Å². The zero-order chi connectivity index (χ0) is 15.4. The molecule has 1 aromatic heterocycles. The van der Waals surface area contributed by atoms with E-state index in [1.54, 1.807) is 0 Å². The number of aromatic nitrogens is 2. The van der Waals surface area contributed by atoms with E-state index < -0.39 is 16.8 Å². The second-order valence-corrected chi connectivity index (χ2v) is 4.34. The van der Waals surface area contributed by atoms with Gasteiger partial charge >= 0.3 is 17.7 Å². The number of imidazole rings is 1. The highest BCUT2D eigenvalue weighted by molar-refractivity contribution is 5.81. The third-order valence-corrected chi connectivity index (χ3v) is 2.89. The van der Waals surface area contributed by atoms with E-state index in [2.05, 4.69) is 0 Å². The van der Waals surface area contributed by atoms with Crippen LogP contribution in [0.15, 0.2) is 36.5 Å². The molecule has 0 atom stereocenters. The van der Waals surface area contributed by atoms with Gasteiger partial charge in [0.25, 0.3) is 5.03 Å². The highest BCUT2D eigenvalue weighted by Gasteiger charge is 2.37. The zero-order valence-electron chi connectivity index (χ0n) is 11.3. The summed E-state index contributed by atoms with van der Waals surface area (Å²) in [5.41, 5.74) is 1.03. The number of carbonyl (C=O) groups is 1. The highest BCUT2D eigenvalue weighted by atomic mass is 16.7. The summed E-state index contributed by atoms with van der Waals surface area (Å²) in [6, 6.07) is 9.49. The third kappa shape index (κ3) is 3.16. The molecule has 8 heteroatoms. The Morgan fingerprint density at radius 3 is 2.67 bits per heavy atom. The van der Waals surface area contributed by atoms with Crippen LogP contribution in [0, 0.1) is 10.1 Å². The van der Waals surface area contributed by atoms with E-state index >= 15 is 0 Å². The Bertz CT molecular complexity index is 666. The summed E-state index contributed by atoms with van der Waals surface area (Å²) in [6.45, 7) is 0.209. The van der Waals surface area contributed by atoms with Crippen molar-refractivity contribution in [2.75, 3.05) is 6.61 Å². The molecule has 1 aromatic carbocycles. The van der Waals surface area contributed by atoms with Gasteiger partial charge in [-0.05, 0) is 5.56 Å². The van der Waals surface area contributed by atoms with Gasteiger partial charge in [-0.15, -0.1) is 0 Å². The van der Waals surface area contributed by atoms with Crippen LogP contribution in [0.2, 0.25) is 0 Å². The molecule has 0 saturated carbocycles. The first-order valence-electron chi connectivity index (χ1n) is 6.16. The van der Waals surface area contributed by atoms with E-state index in [1.165, 1.54) is 13.2 Å². The van der Waals surface area contributed by atoms with Crippen LogP contribution < -0.4 is 9.30 Å². The van der Waals surface area contributed by atoms with Gasteiger partial charge in [0, 0.05) is 6.42 Å². The number of rotatable bonds is 6. The van der Waals surface area contributed by atoms with E-state index in [4.69, 9.17) is 9.84 Å². The molecule has 1 heterocycles. The average Bonchev–Trinajstić information content (AvgIpc) is 2.77. The van der Waals surface area contributed by atoms with Gasteiger partial charge in [-0.25, -0.2) is 19.5 Å². The molecule has 0 unspecified atom stereocenters. The van der Waals surface area contributed by atoms with Crippen LogP contribution in [-0.4, -0.2) is 27.4 Å². The molecule has 0 aliphatic carbocycles. The third-order valence-electron chi connectivity index (χ3n) is 2.89. The molecule has 0 aliphatic heterocycles. The largest absolute Gasteiger partial charge is 0.472 e. The molecule has 2 rings (SSSR count). The predicted octanol–water partition coefficient (Wildman–Crippen LogP) is 0.672. The lowest BCUT2D eigenvalue weighted by molar-refractivity contribution is -0.685. The molecule has 0 bridgehead atoms. The topological polar surface area (TPSA) is 98.5 Å². The van der Waals surface area contributed by atoms with Crippen molar-refractivity contribution >= 4 is 5.97 Å². The lowest BCUT2D eigenvalue weighted by atomic mass is 10.2. The summed E-state index contributed by atoms with van der Waals surface area (Å²) >= 11 is 0. The van der Waals surface area contributed by atoms with Crippen LogP contribution in [0.1, 0.15) is 16.2 Å². The first kappa shape index (κ1) is 14.5. The number of carboxylic acids is 1. The van der Waals surface area contributed by atoms with Gasteiger partial charge in [0.1, 0.15) is 4.68 Å². The van der Waals surface area contributed by atoms with Crippen molar-refractivity contribution in [3.05, 3.63) is 58.0 Å². The Balaban J connectivity index is 2.15. The Hall–Kier alpha value is -2.90. The van der Waals surface area contributed by atoms with Gasteiger partial charge in [-0.2, -0.15) is 0 Å². The van der Waals surface area contributed by atoms with E-state index in [0.717, 1.165) is 10.1 Å². The number of nitrogens with zero attached hydrogens (tertiary/aromatic N) is 3. The molecule has 0 saturated heterocycles. The summed E-state index contributed by atoms with van der Waals surface area (Å²) in [5.74, 6) is -1.99. The molecule has 21 heavy (non-hydrogen) atoms. The number of carboxylic acid groups (broad SMARTS) is 1. The molecule has 8 nitrogen and oxygen atoms in total. The molecular formula is C13H14N3O5+. The number of ether oxygens (including phenoxy) is 1. The van der Waals surface area contributed by atoms with Crippen LogP contribution >= 0.6 is 0 Å². The van der Waals surface area contributed by atoms with Crippen molar-refractivity contribution in [3.63, 3.8) is 0 Å². The first-order chi connectivity index (χ1) is 10.0. The van der Waals surface area contributed by atoms with Crippen molar-refractivity contribution in [3.8, 4) is 5.88 Å². The number of benzene rings is 1. The second kappa shape index (κ2) is 6.04. The smallest absolute Gasteiger partial charge is 0.438 e. The number of nitro groups is 1. The Morgan fingerprint density at radius 2 is 2.10 bits per heavy atom. The molecule has 1 N–H and O–H groups in total. The van der Waals surface area contributed by atoms with E-state index in [1.807, 2.05) is 30.3 Å². The van der Waals surface area contributed by atoms with Crippen LogP contribution in [0.5, 0.6) is 5.88 Å². The minimum absolute atomic E-state index is 0.115. The van der Waals surface area contributed by atoms with Crippen molar-refractivity contribution in [1.29, 1.82) is 0 Å². The molecule has 0 amide bonds. The predicted molar refractivity (Wildman–Crippen MR) is 70.6 cm³/mol. The van der Waals surface area contributed by atoms with Crippen molar-refractivity contribution in [2.24, 2.45) is 7.05 Å². The Labute approximate surface area is 119 Å². The molecule has 110 valence electrons. The number of aryl methyl sites for hydroxylation is 1. The standard InChI is InChI=1S/C13H13N3O5/c1-14-9-11(15(16(19)20)12(14)13(17)18)21-8-7-10-5-3-2-4-6-10/h2-6,9H,7-8H2,1H3/p+1. The van der Waals surface area contributed by atoms with Gasteiger partial charge in [-0.3, -0.25) is 0 Å². The average molecular weight is 292 g/mol. The fourth-order valence-corrected chi connectivity index (χ4v) is 1.95. The molecular weight excluding hydrogens is 278 g/mol. The summed E-state index contributed by atoms with van der Waals surface area (Å²) in [6.07, 6.45) is 1.84. The second-order valence-electron chi connectivity index (χ2n) is 4.34. The maximum Gasteiger partial charge on any atom is 0.438 e. The number of hydrogen-bond acceptors (Lipinski definition) is 4. The van der Waals surface area contributed by atoms with Crippen LogP contribution in [0.4, 0.5) is 0 Å². The summed E-state index contributed by atoms with van der Waals surface area (Å²) < 4.78 is 6.92. The minimum atomic E-state index is -1.40. The summed E-state index contributed by atoms with van der Waals surface area (Å²) in [5, 5.41) is 19.2. The Kier molecular flexibility index (Phi) is 4.17. The zero-order valence-corrected chi connectivity index (χ0v) is 11.3. The van der Waals surface area contributed by atoms with E-state index in [9.17, 15) is 14.9 Å². The van der Waals surface area contributed by atoms with Gasteiger partial charge in [0.2, 0.25) is 0 Å². The molecule has 2 aromatic rings. The minimum Gasteiger partial charge on any atom is -0.472 e. The molecule has 0 spiro atoms. The van der Waals surface area contributed by atoms with Crippen LogP contribution in [0.3, 0.4) is 0 Å². The van der Waals surface area contributed by atoms with E-state index in [0.29, 0.717) is 11.1 Å². The summed E-state index contributed by atoms with van der Waals surface area (Å²) in [7, 11) is 1.41. The maximum absolute atomic E-state index is 11.1. The normalized spacial score (nSPS) is 10.3. The van der Waals surface area contributed by atoms with Crippen LogP contribution in [0.25, 0.3) is 0 Å². The lowest BCUT2D eigenvalue weighted by Gasteiger charge is -2.01. The number of aromatic carboxylic acids is 1. The van der Waals surface area contributed by atoms with Crippen molar-refractivity contribution in [1.82, 2.24) is 4.68 Å². The SMILES string of the molecule is C[n+]1cc(OCCc2ccccc2)n([N+](=O)[O-])c1C(=O)O. The Morgan fingerprint density at radius 1 is 1.43 bits per heavy atom. The molecule has 0 radical (unpaired) electrons. The fourth-order valence-electron chi connectivity index (χ4n) is 1.95. The first-order valence-corrected chi connectivity index (χ1v) is 6.16. The quantitative estimate of drug-likeness (QED) is 0.479. The highest BCUT2D eigenvalue weighted by Crippen LogP contribution is 2.13. The maximum atomic E-state index is 11.1. The monoisotopic (exact) mass is 292 g/mol. The van der Waals surface area contributed by atoms with Gasteiger partial charge in [-0.1, -0.05) is 30.3 Å². The van der Waals surface area contributed by atoms with Crippen molar-refractivity contribution < 1.29 is 24.2 Å². The fraction of sp³-hybridized carbons (Fsp3) is 0.231. The van der Waals surface area contributed by atoms with E-state index in [-0.39, 0.29) is 12.5 Å². The van der Waals surface area contributed by atoms with Crippen molar-refractivity contribution in [2.45, 2.75) is 6.42 Å². The molecule has 0 fully saturated rings. The number of hydrogen-bond donors (Lipinski definition) is 1. The molecule has 0 aliphatic rings.